The molecule has 0 aromatic heterocycles. The third-order valence-electron chi connectivity index (χ3n) is 2.79. The van der Waals surface area contributed by atoms with E-state index in [1.807, 2.05) is 0 Å². The van der Waals surface area contributed by atoms with E-state index in [-0.39, 0.29) is 11.3 Å². The zero-order valence-electron chi connectivity index (χ0n) is 10.9. The van der Waals surface area contributed by atoms with Crippen LogP contribution in [0.25, 0.3) is 0 Å². The number of carbonyl (C=O) groups excluding carboxylic acids is 1. The van der Waals surface area contributed by atoms with E-state index >= 15 is 0 Å². The molecule has 108 valence electrons. The maximum atomic E-state index is 12.1. The minimum Gasteiger partial charge on any atom is -0.322 e. The fraction of sp³-hybridized carbons (Fsp3) is 0.0714. The van der Waals surface area contributed by atoms with E-state index < -0.39 is 10.8 Å². The molecule has 0 saturated heterocycles. The van der Waals surface area contributed by atoms with Crippen LogP contribution in [0.4, 0.5) is 11.4 Å². The SMILES string of the molecule is Cc1ccc(C(=O)Nc2cc(Cl)cc(Cl)c2)cc1[N+](=O)[O-]. The molecule has 0 aliphatic carbocycles. The van der Waals surface area contributed by atoms with Crippen molar-refractivity contribution in [2.24, 2.45) is 0 Å². The Hall–Kier alpha value is -2.11. The standard InChI is InChI=1S/C14H10Cl2N2O3/c1-8-2-3-9(4-13(8)18(20)21)14(19)17-12-6-10(15)5-11(16)7-12/h2-7H,1H3,(H,17,19). The average Bonchev–Trinajstić information content (AvgIpc) is 2.37. The van der Waals surface area contributed by atoms with E-state index in [9.17, 15) is 14.9 Å². The molecule has 0 atom stereocenters. The van der Waals surface area contributed by atoms with Crippen LogP contribution in [-0.4, -0.2) is 10.8 Å². The van der Waals surface area contributed by atoms with E-state index in [2.05, 4.69) is 5.32 Å². The minimum absolute atomic E-state index is 0.105. The number of nitro benzene ring substituents is 1. The molecule has 0 aliphatic rings. The first-order chi connectivity index (χ1) is 9.86. The maximum Gasteiger partial charge on any atom is 0.273 e. The Bertz CT molecular complexity index is 712. The van der Waals surface area contributed by atoms with E-state index in [0.29, 0.717) is 21.3 Å². The van der Waals surface area contributed by atoms with Crippen molar-refractivity contribution in [1.29, 1.82) is 0 Å². The van der Waals surface area contributed by atoms with Crippen molar-refractivity contribution in [2.45, 2.75) is 6.92 Å². The third-order valence-corrected chi connectivity index (χ3v) is 3.22. The first-order valence-electron chi connectivity index (χ1n) is 5.89. The molecule has 2 rings (SSSR count). The molecule has 0 radical (unpaired) electrons. The first kappa shape index (κ1) is 15.3. The van der Waals surface area contributed by atoms with E-state index in [4.69, 9.17) is 23.2 Å². The number of rotatable bonds is 3. The van der Waals surface area contributed by atoms with Gasteiger partial charge in [-0.15, -0.1) is 0 Å². The van der Waals surface area contributed by atoms with Crippen LogP contribution >= 0.6 is 23.2 Å². The Morgan fingerprint density at radius 1 is 1.14 bits per heavy atom. The van der Waals surface area contributed by atoms with Gasteiger partial charge in [-0.1, -0.05) is 29.3 Å². The van der Waals surface area contributed by atoms with Gasteiger partial charge < -0.3 is 5.32 Å². The fourth-order valence-corrected chi connectivity index (χ4v) is 2.30. The summed E-state index contributed by atoms with van der Waals surface area (Å²) in [6.07, 6.45) is 0. The highest BCUT2D eigenvalue weighted by Gasteiger charge is 2.15. The summed E-state index contributed by atoms with van der Waals surface area (Å²) in [5.74, 6) is -0.476. The molecule has 1 N–H and O–H groups in total. The van der Waals surface area contributed by atoms with Crippen molar-refractivity contribution in [3.8, 4) is 0 Å². The van der Waals surface area contributed by atoms with Crippen LogP contribution in [-0.2, 0) is 0 Å². The zero-order chi connectivity index (χ0) is 15.6. The summed E-state index contributed by atoms with van der Waals surface area (Å²) in [5.41, 5.74) is 0.984. The van der Waals surface area contributed by atoms with Gasteiger partial charge in [0.25, 0.3) is 11.6 Å². The van der Waals surface area contributed by atoms with Gasteiger partial charge in [-0.05, 0) is 31.2 Å². The van der Waals surface area contributed by atoms with Crippen LogP contribution in [0.2, 0.25) is 10.0 Å². The van der Waals surface area contributed by atoms with Gasteiger partial charge in [0, 0.05) is 32.9 Å². The van der Waals surface area contributed by atoms with Gasteiger partial charge in [0.1, 0.15) is 0 Å². The van der Waals surface area contributed by atoms with Gasteiger partial charge in [0.15, 0.2) is 0 Å². The highest BCUT2D eigenvalue weighted by atomic mass is 35.5. The normalized spacial score (nSPS) is 10.2. The van der Waals surface area contributed by atoms with Gasteiger partial charge in [-0.3, -0.25) is 14.9 Å². The smallest absolute Gasteiger partial charge is 0.273 e. The number of hydrogen-bond acceptors (Lipinski definition) is 3. The Balaban J connectivity index is 2.28. The molecule has 0 saturated carbocycles. The highest BCUT2D eigenvalue weighted by Crippen LogP contribution is 2.24. The van der Waals surface area contributed by atoms with Crippen molar-refractivity contribution in [3.63, 3.8) is 0 Å². The molecule has 5 nitrogen and oxygen atoms in total. The van der Waals surface area contributed by atoms with Crippen LogP contribution in [0.15, 0.2) is 36.4 Å². The van der Waals surface area contributed by atoms with Gasteiger partial charge >= 0.3 is 0 Å². The third kappa shape index (κ3) is 3.71. The van der Waals surface area contributed by atoms with Gasteiger partial charge in [-0.2, -0.15) is 0 Å². The number of carbonyl (C=O) groups is 1. The number of nitro groups is 1. The maximum absolute atomic E-state index is 12.1. The number of hydrogen-bond donors (Lipinski definition) is 1. The molecule has 21 heavy (non-hydrogen) atoms. The number of benzene rings is 2. The molecule has 0 spiro atoms. The molecule has 2 aromatic carbocycles. The summed E-state index contributed by atoms with van der Waals surface area (Å²) >= 11 is 11.7. The van der Waals surface area contributed by atoms with Crippen LogP contribution in [0.5, 0.6) is 0 Å². The van der Waals surface area contributed by atoms with Crippen molar-refractivity contribution < 1.29 is 9.72 Å². The van der Waals surface area contributed by atoms with Gasteiger partial charge in [0.2, 0.25) is 0 Å². The largest absolute Gasteiger partial charge is 0.322 e. The number of anilines is 1. The Labute approximate surface area is 130 Å². The number of nitrogens with one attached hydrogen (secondary N) is 1. The Kier molecular flexibility index (Phi) is 4.45. The molecular formula is C14H10Cl2N2O3. The second kappa shape index (κ2) is 6.11. The van der Waals surface area contributed by atoms with Crippen LogP contribution in [0.3, 0.4) is 0 Å². The molecule has 0 heterocycles. The monoisotopic (exact) mass is 324 g/mol. The minimum atomic E-state index is -0.525. The first-order valence-corrected chi connectivity index (χ1v) is 6.65. The van der Waals surface area contributed by atoms with Crippen molar-refractivity contribution in [1.82, 2.24) is 0 Å². The average molecular weight is 325 g/mol. The van der Waals surface area contributed by atoms with Crippen molar-refractivity contribution in [2.75, 3.05) is 5.32 Å². The second-order valence-electron chi connectivity index (χ2n) is 4.37. The Morgan fingerprint density at radius 2 is 1.76 bits per heavy atom. The number of nitrogens with zero attached hydrogens (tertiary/aromatic N) is 1. The van der Waals surface area contributed by atoms with Crippen molar-refractivity contribution in [3.05, 3.63) is 67.7 Å². The molecule has 2 aromatic rings. The summed E-state index contributed by atoms with van der Waals surface area (Å²) in [4.78, 5) is 22.5. The summed E-state index contributed by atoms with van der Waals surface area (Å²) in [5, 5.41) is 14.2. The lowest BCUT2D eigenvalue weighted by Gasteiger charge is -2.07. The summed E-state index contributed by atoms with van der Waals surface area (Å²) < 4.78 is 0. The van der Waals surface area contributed by atoms with Crippen LogP contribution < -0.4 is 5.32 Å². The lowest BCUT2D eigenvalue weighted by Crippen LogP contribution is -2.12. The Morgan fingerprint density at radius 3 is 2.33 bits per heavy atom. The van der Waals surface area contributed by atoms with Gasteiger partial charge in [-0.25, -0.2) is 0 Å². The molecule has 0 fully saturated rings. The molecule has 0 unspecified atom stereocenters. The van der Waals surface area contributed by atoms with Crippen LogP contribution in [0.1, 0.15) is 15.9 Å². The molecule has 0 bridgehead atoms. The summed E-state index contributed by atoms with van der Waals surface area (Å²) in [6.45, 7) is 1.61. The van der Waals surface area contributed by atoms with E-state index in [1.54, 1.807) is 6.92 Å². The van der Waals surface area contributed by atoms with E-state index in [0.717, 1.165) is 0 Å². The lowest BCUT2D eigenvalue weighted by atomic mass is 10.1. The molecular weight excluding hydrogens is 315 g/mol. The molecule has 0 aliphatic heterocycles. The van der Waals surface area contributed by atoms with Gasteiger partial charge in [0.05, 0.1) is 4.92 Å². The number of halogens is 2. The van der Waals surface area contributed by atoms with Crippen molar-refractivity contribution >= 4 is 40.5 Å². The number of aryl methyl sites for hydroxylation is 1. The predicted octanol–water partition coefficient (Wildman–Crippen LogP) is 4.46. The molecule has 1 amide bonds. The van der Waals surface area contributed by atoms with Crippen LogP contribution in [0, 0.1) is 17.0 Å². The summed E-state index contributed by atoms with van der Waals surface area (Å²) in [7, 11) is 0. The highest BCUT2D eigenvalue weighted by molar-refractivity contribution is 6.35. The second-order valence-corrected chi connectivity index (χ2v) is 5.24. The lowest BCUT2D eigenvalue weighted by molar-refractivity contribution is -0.385. The number of amides is 1. The fourth-order valence-electron chi connectivity index (χ4n) is 1.78. The summed E-state index contributed by atoms with van der Waals surface area (Å²) in [6, 6.07) is 8.88. The molecule has 7 heteroatoms. The predicted molar refractivity (Wildman–Crippen MR) is 82.2 cm³/mol. The van der Waals surface area contributed by atoms with E-state index in [1.165, 1.54) is 36.4 Å². The quantitative estimate of drug-likeness (QED) is 0.669. The topological polar surface area (TPSA) is 72.2 Å². The zero-order valence-corrected chi connectivity index (χ0v) is 12.4.